The van der Waals surface area contributed by atoms with Crippen molar-refractivity contribution in [3.8, 4) is 23.8 Å². The van der Waals surface area contributed by atoms with Gasteiger partial charge >= 0.3 is 0 Å². The molecule has 3 heterocycles. The zero-order chi connectivity index (χ0) is 22.0. The monoisotopic (exact) mass is 438 g/mol. The zero-order valence-corrected chi connectivity index (χ0v) is 18.8. The number of rotatable bonds is 6. The molecule has 1 aliphatic rings. The van der Waals surface area contributed by atoms with Gasteiger partial charge in [-0.25, -0.2) is 15.0 Å². The lowest BCUT2D eigenvalue weighted by molar-refractivity contribution is 0.171. The van der Waals surface area contributed by atoms with E-state index in [1.807, 2.05) is 12.1 Å². The molecule has 3 N–H and O–H groups in total. The van der Waals surface area contributed by atoms with Crippen LogP contribution < -0.4 is 20.5 Å². The minimum absolute atomic E-state index is 0.0636. The number of benzene rings is 1. The van der Waals surface area contributed by atoms with E-state index in [4.69, 9.17) is 26.6 Å². The van der Waals surface area contributed by atoms with Crippen LogP contribution in [0, 0.1) is 12.3 Å². The number of nitrogens with one attached hydrogen (secondary N) is 1. The summed E-state index contributed by atoms with van der Waals surface area (Å²) in [6, 6.07) is 3.75. The molecule has 1 aliphatic heterocycles. The van der Waals surface area contributed by atoms with Gasteiger partial charge in [0.1, 0.15) is 19.5 Å². The number of ether oxygens (including phenoxy) is 2. The Morgan fingerprint density at radius 3 is 2.68 bits per heavy atom. The van der Waals surface area contributed by atoms with Crippen LogP contribution in [0.15, 0.2) is 28.5 Å². The summed E-state index contributed by atoms with van der Waals surface area (Å²) in [5.74, 6) is 4.45. The second-order valence-corrected chi connectivity index (χ2v) is 9.25. The summed E-state index contributed by atoms with van der Waals surface area (Å²) in [6.45, 7) is 9.08. The van der Waals surface area contributed by atoms with E-state index in [0.717, 1.165) is 35.1 Å². The Morgan fingerprint density at radius 1 is 1.23 bits per heavy atom. The maximum Gasteiger partial charge on any atom is 0.175 e. The second-order valence-electron chi connectivity index (χ2n) is 8.25. The molecule has 0 unspecified atom stereocenters. The molecule has 0 saturated carbocycles. The van der Waals surface area contributed by atoms with Gasteiger partial charge in [-0.05, 0) is 39.8 Å². The third-order valence-electron chi connectivity index (χ3n) is 4.74. The summed E-state index contributed by atoms with van der Waals surface area (Å²) in [6.07, 6.45) is 8.15. The van der Waals surface area contributed by atoms with E-state index < -0.39 is 0 Å². The van der Waals surface area contributed by atoms with Crippen LogP contribution >= 0.6 is 11.8 Å². The lowest BCUT2D eigenvalue weighted by Crippen LogP contribution is -2.36. The Balaban J connectivity index is 1.67. The molecular formula is C22H26N6O2S. The van der Waals surface area contributed by atoms with Gasteiger partial charge in [-0.15, -0.1) is 6.42 Å². The zero-order valence-electron chi connectivity index (χ0n) is 17.9. The average molecular weight is 439 g/mol. The molecule has 0 saturated heterocycles. The van der Waals surface area contributed by atoms with Crippen LogP contribution in [0.3, 0.4) is 0 Å². The maximum atomic E-state index is 6.07. The van der Waals surface area contributed by atoms with Crippen LogP contribution in [0.5, 0.6) is 11.5 Å². The van der Waals surface area contributed by atoms with Gasteiger partial charge in [-0.3, -0.25) is 0 Å². The van der Waals surface area contributed by atoms with Crippen molar-refractivity contribution in [3.05, 3.63) is 24.0 Å². The number of fused-ring (bicyclic) bond motifs is 2. The molecule has 0 atom stereocenters. The summed E-state index contributed by atoms with van der Waals surface area (Å²) in [7, 11) is 0. The second kappa shape index (κ2) is 8.65. The summed E-state index contributed by atoms with van der Waals surface area (Å²) in [5.41, 5.74) is 8.17. The van der Waals surface area contributed by atoms with E-state index in [1.54, 1.807) is 0 Å². The van der Waals surface area contributed by atoms with Crippen LogP contribution in [0.25, 0.3) is 11.2 Å². The fraction of sp³-hybridized carbons (Fsp3) is 0.409. The van der Waals surface area contributed by atoms with Gasteiger partial charge in [0.2, 0.25) is 0 Å². The normalized spacial score (nSPS) is 13.4. The molecule has 4 rings (SSSR count). The van der Waals surface area contributed by atoms with E-state index in [9.17, 15) is 0 Å². The molecule has 0 spiro atoms. The van der Waals surface area contributed by atoms with Crippen molar-refractivity contribution in [2.24, 2.45) is 0 Å². The largest absolute Gasteiger partial charge is 0.486 e. The SMILES string of the molecule is C#Cc1cc2c(cc1Sc1nc3c(N)ncnc3n1CCCNC(C)(C)C)OCCO2. The van der Waals surface area contributed by atoms with Gasteiger partial charge in [-0.2, -0.15) is 0 Å². The number of imidazole rings is 1. The Bertz CT molecular complexity index is 1150. The van der Waals surface area contributed by atoms with Crippen LogP contribution in [-0.2, 0) is 6.54 Å². The van der Waals surface area contributed by atoms with E-state index in [-0.39, 0.29) is 5.54 Å². The van der Waals surface area contributed by atoms with E-state index >= 15 is 0 Å². The van der Waals surface area contributed by atoms with Crippen LogP contribution in [0.1, 0.15) is 32.8 Å². The van der Waals surface area contributed by atoms with E-state index in [0.29, 0.717) is 41.7 Å². The van der Waals surface area contributed by atoms with Crippen molar-refractivity contribution in [1.82, 2.24) is 24.8 Å². The number of nitrogens with two attached hydrogens (primary N) is 1. The molecule has 8 nitrogen and oxygen atoms in total. The lowest BCUT2D eigenvalue weighted by Gasteiger charge is -2.21. The first-order valence-electron chi connectivity index (χ1n) is 10.2. The highest BCUT2D eigenvalue weighted by molar-refractivity contribution is 7.99. The first-order chi connectivity index (χ1) is 14.9. The fourth-order valence-corrected chi connectivity index (χ4v) is 4.30. The number of nitrogen functional groups attached to an aromatic ring is 1. The number of aryl methyl sites for hydroxylation is 1. The van der Waals surface area contributed by atoms with E-state index in [2.05, 4.69) is 46.5 Å². The number of nitrogens with zero attached hydrogens (tertiary/aromatic N) is 4. The van der Waals surface area contributed by atoms with Crippen molar-refractivity contribution in [2.45, 2.75) is 49.3 Å². The van der Waals surface area contributed by atoms with Gasteiger partial charge in [0.05, 0.1) is 0 Å². The van der Waals surface area contributed by atoms with Crippen molar-refractivity contribution in [3.63, 3.8) is 0 Å². The molecule has 0 fully saturated rings. The lowest BCUT2D eigenvalue weighted by atomic mass is 10.1. The van der Waals surface area contributed by atoms with Crippen LogP contribution in [0.4, 0.5) is 5.82 Å². The third-order valence-corrected chi connectivity index (χ3v) is 5.79. The van der Waals surface area contributed by atoms with Crippen molar-refractivity contribution >= 4 is 28.7 Å². The molecule has 162 valence electrons. The predicted octanol–water partition coefficient (Wildman–Crippen LogP) is 3.09. The van der Waals surface area contributed by atoms with Crippen molar-refractivity contribution in [2.75, 3.05) is 25.5 Å². The van der Waals surface area contributed by atoms with Crippen molar-refractivity contribution in [1.29, 1.82) is 0 Å². The number of aromatic nitrogens is 4. The molecule has 9 heteroatoms. The molecule has 31 heavy (non-hydrogen) atoms. The average Bonchev–Trinajstić information content (AvgIpc) is 3.08. The first-order valence-corrected chi connectivity index (χ1v) is 11.0. The minimum Gasteiger partial charge on any atom is -0.486 e. The van der Waals surface area contributed by atoms with Gasteiger partial charge in [0, 0.05) is 28.6 Å². The van der Waals surface area contributed by atoms with Gasteiger partial charge in [0.25, 0.3) is 0 Å². The maximum absolute atomic E-state index is 6.07. The molecule has 3 aromatic rings. The van der Waals surface area contributed by atoms with Gasteiger partial charge < -0.3 is 25.1 Å². The predicted molar refractivity (Wildman–Crippen MR) is 122 cm³/mol. The number of terminal acetylenes is 1. The minimum atomic E-state index is 0.0636. The van der Waals surface area contributed by atoms with Gasteiger partial charge in [0.15, 0.2) is 33.6 Å². The highest BCUT2D eigenvalue weighted by atomic mass is 32.2. The van der Waals surface area contributed by atoms with Crippen LogP contribution in [-0.4, -0.2) is 44.8 Å². The molecule has 0 aliphatic carbocycles. The smallest absolute Gasteiger partial charge is 0.175 e. The Kier molecular flexibility index (Phi) is 5.94. The fourth-order valence-electron chi connectivity index (χ4n) is 3.28. The Labute approximate surface area is 185 Å². The van der Waals surface area contributed by atoms with Gasteiger partial charge in [-0.1, -0.05) is 17.7 Å². The number of hydrogen-bond donors (Lipinski definition) is 2. The molecule has 1 aromatic carbocycles. The first kappa shape index (κ1) is 21.3. The number of hydrogen-bond acceptors (Lipinski definition) is 8. The topological polar surface area (TPSA) is 100 Å². The Morgan fingerprint density at radius 2 is 1.97 bits per heavy atom. The summed E-state index contributed by atoms with van der Waals surface area (Å²) in [4.78, 5) is 14.1. The molecule has 0 radical (unpaired) electrons. The summed E-state index contributed by atoms with van der Waals surface area (Å²) >= 11 is 1.47. The Hall–Kier alpha value is -2.96. The number of anilines is 1. The quantitative estimate of drug-likeness (QED) is 0.447. The molecule has 0 amide bonds. The highest BCUT2D eigenvalue weighted by Gasteiger charge is 2.20. The summed E-state index contributed by atoms with van der Waals surface area (Å²) in [5, 5.41) is 4.27. The molecule has 2 aromatic heterocycles. The standard InChI is InChI=1S/C22H26N6O2S/c1-5-14-11-15-16(30-10-9-29-15)12-17(14)31-21-27-18-19(23)24-13-25-20(18)28(21)8-6-7-26-22(2,3)4/h1,11-13,26H,6-10H2,2-4H3,(H2,23,24,25). The summed E-state index contributed by atoms with van der Waals surface area (Å²) < 4.78 is 13.5. The molecule has 0 bridgehead atoms. The third kappa shape index (κ3) is 4.70. The van der Waals surface area contributed by atoms with E-state index in [1.165, 1.54) is 18.1 Å². The molecular weight excluding hydrogens is 412 g/mol. The highest BCUT2D eigenvalue weighted by Crippen LogP contribution is 2.40. The van der Waals surface area contributed by atoms with Crippen molar-refractivity contribution < 1.29 is 9.47 Å². The van der Waals surface area contributed by atoms with Crippen LogP contribution in [0.2, 0.25) is 0 Å².